The number of unbranched alkanes of at least 4 members (excludes halogenated alkanes) is 11. The predicted octanol–water partition coefficient (Wildman–Crippen LogP) is 14.6. The number of benzene rings is 2. The molecule has 1 heterocycles. The van der Waals surface area contributed by atoms with Crippen LogP contribution in [-0.4, -0.2) is 4.70 Å². The van der Waals surface area contributed by atoms with E-state index in [1.54, 1.807) is 0 Å². The molecule has 0 bridgehead atoms. The number of aryl methyl sites for hydroxylation is 2. The third kappa shape index (κ3) is 14.4. The molecule has 3 heteroatoms. The van der Waals surface area contributed by atoms with E-state index in [0.29, 0.717) is 0 Å². The van der Waals surface area contributed by atoms with Gasteiger partial charge in [0.15, 0.2) is 0 Å². The zero-order chi connectivity index (χ0) is 33.4. The second-order valence-corrected chi connectivity index (χ2v) is 14.6. The summed E-state index contributed by atoms with van der Waals surface area (Å²) in [6.07, 6.45) is 23.9. The molecule has 0 saturated heterocycles. The molecule has 0 saturated carbocycles. The molecule has 46 heavy (non-hydrogen) atoms. The molecule has 3 rings (SSSR count). The molecule has 0 unspecified atom stereocenters. The Morgan fingerprint density at radius 2 is 0.957 bits per heavy atom. The van der Waals surface area contributed by atoms with Crippen LogP contribution in [0.4, 0.5) is 0 Å². The van der Waals surface area contributed by atoms with Crippen molar-refractivity contribution in [3.63, 3.8) is 0 Å². The van der Waals surface area contributed by atoms with Crippen molar-refractivity contribution in [3.8, 4) is 0 Å². The molecule has 0 aromatic heterocycles. The van der Waals surface area contributed by atoms with E-state index >= 15 is 0 Å². The Labute approximate surface area is 291 Å². The second-order valence-electron chi connectivity index (χ2n) is 13.1. The first-order chi connectivity index (χ1) is 22.5. The van der Waals surface area contributed by atoms with E-state index in [1.165, 1.54) is 140 Å². The standard InChI is InChI=1S/C35H50N2.2C4H9.Ni/c1-5-8-11-14-19-29-21-17-23-31(26-29)34-28(4)33(25-16-13-10-7-3)35(37(34)36)32-24-18-22-30(27-32)20-15-12-9-6-2;2*1-3-4-2;/h17-18,21-24,26-27H,5-16,19-20,25H2,1-4H3;2*1,3-4H2,2H3;. The van der Waals surface area contributed by atoms with Gasteiger partial charge in [0.25, 0.3) is 0 Å². The number of hydrogen-bond acceptors (Lipinski definition) is 0. The summed E-state index contributed by atoms with van der Waals surface area (Å²) in [6.45, 7) is 13.5. The summed E-state index contributed by atoms with van der Waals surface area (Å²) in [5.74, 6) is 0. The van der Waals surface area contributed by atoms with Crippen molar-refractivity contribution < 1.29 is 19.1 Å². The summed E-state index contributed by atoms with van der Waals surface area (Å²) in [6, 6.07) is 17.8. The van der Waals surface area contributed by atoms with Crippen LogP contribution < -0.4 is 0 Å². The fourth-order valence-corrected chi connectivity index (χ4v) is 7.55. The summed E-state index contributed by atoms with van der Waals surface area (Å²) in [7, 11) is 0. The van der Waals surface area contributed by atoms with Gasteiger partial charge in [-0.2, -0.15) is 0 Å². The van der Waals surface area contributed by atoms with Gasteiger partial charge < -0.3 is 5.53 Å². The first kappa shape index (κ1) is 40.2. The van der Waals surface area contributed by atoms with E-state index in [9.17, 15) is 5.53 Å². The molecule has 1 aliphatic heterocycles. The van der Waals surface area contributed by atoms with Crippen LogP contribution in [0.15, 0.2) is 59.7 Å². The summed E-state index contributed by atoms with van der Waals surface area (Å²) in [5, 5.41) is 2.78. The fraction of sp³-hybridized carbons (Fsp3) is 0.628. The molecule has 0 aliphatic carbocycles. The van der Waals surface area contributed by atoms with E-state index in [1.807, 2.05) is 14.4 Å². The molecular weight excluding hydrogens is 603 g/mol. The maximum atomic E-state index is 11.7. The second kappa shape index (κ2) is 25.1. The van der Waals surface area contributed by atoms with Gasteiger partial charge in [-0.15, -0.1) is 0 Å². The van der Waals surface area contributed by atoms with E-state index in [-0.39, 0.29) is 0 Å². The Morgan fingerprint density at radius 3 is 1.41 bits per heavy atom. The van der Waals surface area contributed by atoms with E-state index < -0.39 is 0 Å². The topological polar surface area (TPSA) is 25.3 Å². The van der Waals surface area contributed by atoms with Gasteiger partial charge in [-0.3, -0.25) is 0 Å². The van der Waals surface area contributed by atoms with E-state index in [4.69, 9.17) is 0 Å². The Hall–Kier alpha value is -1.99. The summed E-state index contributed by atoms with van der Waals surface area (Å²) >= 11 is 1.94. The van der Waals surface area contributed by atoms with Gasteiger partial charge in [-0.1, -0.05) is 103 Å². The van der Waals surface area contributed by atoms with Crippen molar-refractivity contribution in [3.05, 3.63) is 87.5 Å². The zero-order valence-electron chi connectivity index (χ0n) is 30.7. The maximum absolute atomic E-state index is 11.7. The van der Waals surface area contributed by atoms with Crippen LogP contribution in [0, 0.1) is 0 Å². The fourth-order valence-electron chi connectivity index (χ4n) is 6.11. The van der Waals surface area contributed by atoms with Crippen LogP contribution in [0.3, 0.4) is 0 Å². The van der Waals surface area contributed by atoms with Gasteiger partial charge in [-0.25, -0.2) is 4.70 Å². The van der Waals surface area contributed by atoms with Crippen LogP contribution in [0.2, 0.25) is 10.8 Å². The van der Waals surface area contributed by atoms with Crippen LogP contribution >= 0.6 is 0 Å². The zero-order valence-corrected chi connectivity index (χ0v) is 31.7. The van der Waals surface area contributed by atoms with E-state index in [0.717, 1.165) is 41.8 Å². The van der Waals surface area contributed by atoms with Crippen LogP contribution in [-0.2, 0) is 27.3 Å². The third-order valence-corrected chi connectivity index (χ3v) is 10.4. The third-order valence-electron chi connectivity index (χ3n) is 8.99. The van der Waals surface area contributed by atoms with Crippen molar-refractivity contribution in [1.29, 1.82) is 0 Å². The van der Waals surface area contributed by atoms with Crippen molar-refractivity contribution >= 4 is 11.4 Å². The molecule has 2 nitrogen and oxygen atoms in total. The van der Waals surface area contributed by atoms with Gasteiger partial charge >= 0.3 is 64.8 Å². The van der Waals surface area contributed by atoms with E-state index in [2.05, 4.69) is 90.1 Å². The summed E-state index contributed by atoms with van der Waals surface area (Å²) in [4.78, 5) is 0. The Bertz CT molecular complexity index is 1180. The van der Waals surface area contributed by atoms with Crippen molar-refractivity contribution in [1.82, 2.24) is 0 Å². The van der Waals surface area contributed by atoms with Crippen LogP contribution in [0.5, 0.6) is 0 Å². The minimum absolute atomic E-state index is 0.962. The normalized spacial score (nSPS) is 13.1. The first-order valence-corrected chi connectivity index (χ1v) is 20.5. The average molecular weight is 672 g/mol. The quantitative estimate of drug-likeness (QED) is 0.0638. The molecule has 0 fully saturated rings. The Balaban J connectivity index is 0.000000713. The van der Waals surface area contributed by atoms with Gasteiger partial charge in [-0.05, 0) is 80.8 Å². The van der Waals surface area contributed by atoms with Gasteiger partial charge in [0.05, 0.1) is 0 Å². The molecule has 1 aliphatic rings. The van der Waals surface area contributed by atoms with Crippen LogP contribution in [0.25, 0.3) is 16.9 Å². The summed E-state index contributed by atoms with van der Waals surface area (Å²) in [5.41, 5.74) is 21.2. The van der Waals surface area contributed by atoms with Crippen LogP contribution in [0.1, 0.15) is 173 Å². The average Bonchev–Trinajstić information content (AvgIpc) is 3.32. The predicted molar refractivity (Wildman–Crippen MR) is 200 cm³/mol. The van der Waals surface area contributed by atoms with Crippen molar-refractivity contribution in [2.75, 3.05) is 0 Å². The number of nitrogens with zero attached hydrogens (tertiary/aromatic N) is 2. The molecular formula is C43H68N2Ni. The number of hydrogen-bond donors (Lipinski definition) is 0. The molecule has 2 aromatic rings. The van der Waals surface area contributed by atoms with Gasteiger partial charge in [0.2, 0.25) is 11.4 Å². The molecule has 260 valence electrons. The Kier molecular flexibility index (Phi) is 21.9. The monoisotopic (exact) mass is 670 g/mol. The Morgan fingerprint density at radius 1 is 0.522 bits per heavy atom. The van der Waals surface area contributed by atoms with Gasteiger partial charge in [0.1, 0.15) is 0 Å². The van der Waals surface area contributed by atoms with Crippen molar-refractivity contribution in [2.24, 2.45) is 0 Å². The number of rotatable bonds is 23. The molecule has 0 spiro atoms. The molecule has 0 atom stereocenters. The van der Waals surface area contributed by atoms with Crippen molar-refractivity contribution in [2.45, 2.75) is 174 Å². The number of allylic oxidation sites excluding steroid dienone is 2. The molecule has 0 N–H and O–H groups in total. The SMILES string of the molecule is CCCCCCC1=C(c2cccc(CCCCCC)c2)[N+](=[N-])C(c2cccc(CCCCCC)c2)=C1C.CCC[CH2][Ni][CH2]CCC. The molecule has 0 radical (unpaired) electrons. The molecule has 2 aromatic carbocycles. The summed E-state index contributed by atoms with van der Waals surface area (Å²) < 4.78 is 1.51. The minimum atomic E-state index is 0.962. The molecule has 0 amide bonds. The first-order valence-electron chi connectivity index (χ1n) is 19.1. The van der Waals surface area contributed by atoms with Gasteiger partial charge in [0, 0.05) is 22.3 Å².